The summed E-state index contributed by atoms with van der Waals surface area (Å²) in [6, 6.07) is 7.17. The quantitative estimate of drug-likeness (QED) is 0.843. The smallest absolute Gasteiger partial charge is 0.326 e. The standard InChI is InChI=1S/C18H23NO4S2/c20-16(19-9-2-1-4-15(19)17(21)22)12-23-14-7-5-13(6-8-14)18-24-10-3-11-25-18/h5-8,15,18H,1-4,9-12H2,(H,21,22)/t15-/m1/s1. The van der Waals surface area contributed by atoms with E-state index in [4.69, 9.17) is 4.74 Å². The normalized spacial score (nSPS) is 21.8. The van der Waals surface area contributed by atoms with Gasteiger partial charge in [-0.15, -0.1) is 23.5 Å². The maximum absolute atomic E-state index is 12.3. The first-order valence-electron chi connectivity index (χ1n) is 8.63. The van der Waals surface area contributed by atoms with Crippen molar-refractivity contribution in [2.45, 2.75) is 36.3 Å². The summed E-state index contributed by atoms with van der Waals surface area (Å²) in [5.41, 5.74) is 1.27. The van der Waals surface area contributed by atoms with E-state index >= 15 is 0 Å². The van der Waals surface area contributed by atoms with Gasteiger partial charge in [-0.1, -0.05) is 12.1 Å². The summed E-state index contributed by atoms with van der Waals surface area (Å²) in [6.07, 6.45) is 3.48. The second-order valence-corrected chi connectivity index (χ2v) is 8.95. The van der Waals surface area contributed by atoms with Crippen LogP contribution in [0.5, 0.6) is 5.75 Å². The van der Waals surface area contributed by atoms with E-state index in [0.717, 1.165) is 12.8 Å². The molecule has 2 heterocycles. The highest BCUT2D eigenvalue weighted by Gasteiger charge is 2.31. The van der Waals surface area contributed by atoms with Gasteiger partial charge in [-0.05, 0) is 54.9 Å². The number of likely N-dealkylation sites (tertiary alicyclic amines) is 1. The molecule has 0 saturated carbocycles. The zero-order valence-electron chi connectivity index (χ0n) is 14.1. The van der Waals surface area contributed by atoms with Crippen LogP contribution in [-0.4, -0.2) is 52.6 Å². The number of ether oxygens (including phenoxy) is 1. The molecule has 0 spiro atoms. The number of piperidine rings is 1. The van der Waals surface area contributed by atoms with Crippen molar-refractivity contribution in [1.82, 2.24) is 4.90 Å². The van der Waals surface area contributed by atoms with Crippen molar-refractivity contribution in [1.29, 1.82) is 0 Å². The fourth-order valence-electron chi connectivity index (χ4n) is 3.12. The molecule has 2 aliphatic rings. The van der Waals surface area contributed by atoms with Crippen molar-refractivity contribution in [3.63, 3.8) is 0 Å². The molecule has 0 unspecified atom stereocenters. The minimum atomic E-state index is -0.931. The molecule has 3 rings (SSSR count). The molecule has 1 atom stereocenters. The van der Waals surface area contributed by atoms with Crippen LogP contribution in [0.1, 0.15) is 35.8 Å². The number of hydrogen-bond donors (Lipinski definition) is 1. The molecule has 1 aromatic rings. The van der Waals surface area contributed by atoms with E-state index in [1.165, 1.54) is 28.4 Å². The first kappa shape index (κ1) is 18.5. The van der Waals surface area contributed by atoms with Crippen molar-refractivity contribution >= 4 is 35.4 Å². The zero-order valence-corrected chi connectivity index (χ0v) is 15.7. The number of carboxylic acids is 1. The lowest BCUT2D eigenvalue weighted by Gasteiger charge is -2.32. The number of carboxylic acid groups (broad SMARTS) is 1. The second kappa shape index (κ2) is 8.85. The van der Waals surface area contributed by atoms with Gasteiger partial charge in [0.2, 0.25) is 0 Å². The van der Waals surface area contributed by atoms with E-state index in [-0.39, 0.29) is 12.5 Å². The molecule has 0 bridgehead atoms. The first-order chi connectivity index (χ1) is 12.1. The molecule has 5 nitrogen and oxygen atoms in total. The minimum Gasteiger partial charge on any atom is -0.484 e. The topological polar surface area (TPSA) is 66.8 Å². The van der Waals surface area contributed by atoms with Crippen molar-refractivity contribution in [2.75, 3.05) is 24.7 Å². The van der Waals surface area contributed by atoms with Gasteiger partial charge in [0.15, 0.2) is 6.61 Å². The molecule has 0 aromatic heterocycles. The van der Waals surface area contributed by atoms with Crippen LogP contribution in [0.15, 0.2) is 24.3 Å². The van der Waals surface area contributed by atoms with Gasteiger partial charge < -0.3 is 14.7 Å². The van der Waals surface area contributed by atoms with Crippen LogP contribution in [0, 0.1) is 0 Å². The van der Waals surface area contributed by atoms with E-state index in [0.29, 0.717) is 23.3 Å². The summed E-state index contributed by atoms with van der Waals surface area (Å²) in [7, 11) is 0. The van der Waals surface area contributed by atoms with Crippen LogP contribution in [-0.2, 0) is 9.59 Å². The third kappa shape index (κ3) is 4.85. The van der Waals surface area contributed by atoms with Gasteiger partial charge in [-0.2, -0.15) is 0 Å². The molecule has 1 N–H and O–H groups in total. The van der Waals surface area contributed by atoms with Crippen LogP contribution in [0.25, 0.3) is 0 Å². The number of carbonyl (C=O) groups excluding carboxylic acids is 1. The SMILES string of the molecule is O=C(O)[C@H]1CCCCN1C(=O)COc1ccc(C2SCCCS2)cc1. The number of rotatable bonds is 5. The van der Waals surface area contributed by atoms with Crippen LogP contribution in [0.3, 0.4) is 0 Å². The third-order valence-electron chi connectivity index (χ3n) is 4.45. The van der Waals surface area contributed by atoms with Gasteiger partial charge in [-0.25, -0.2) is 4.79 Å². The summed E-state index contributed by atoms with van der Waals surface area (Å²) in [5, 5.41) is 9.26. The number of hydrogen-bond acceptors (Lipinski definition) is 5. The summed E-state index contributed by atoms with van der Waals surface area (Å²) in [6.45, 7) is 0.379. The van der Waals surface area contributed by atoms with E-state index < -0.39 is 12.0 Å². The van der Waals surface area contributed by atoms with Gasteiger partial charge in [0.25, 0.3) is 5.91 Å². The number of aliphatic carboxylic acids is 1. The number of thioether (sulfide) groups is 2. The van der Waals surface area contributed by atoms with Crippen molar-refractivity contribution in [3.05, 3.63) is 29.8 Å². The zero-order chi connectivity index (χ0) is 17.6. The molecule has 25 heavy (non-hydrogen) atoms. The van der Waals surface area contributed by atoms with E-state index in [1.54, 1.807) is 0 Å². The predicted molar refractivity (Wildman–Crippen MR) is 101 cm³/mol. The Bertz CT molecular complexity index is 602. The van der Waals surface area contributed by atoms with E-state index in [9.17, 15) is 14.7 Å². The Hall–Kier alpha value is -1.34. The highest BCUT2D eigenvalue weighted by atomic mass is 32.2. The fourth-order valence-corrected chi connectivity index (χ4v) is 6.01. The van der Waals surface area contributed by atoms with Gasteiger partial charge in [-0.3, -0.25) is 4.79 Å². The van der Waals surface area contributed by atoms with Crippen LogP contribution < -0.4 is 4.74 Å². The molecule has 0 aliphatic carbocycles. The van der Waals surface area contributed by atoms with Crippen LogP contribution in [0.2, 0.25) is 0 Å². The van der Waals surface area contributed by atoms with Crippen LogP contribution >= 0.6 is 23.5 Å². The Morgan fingerprint density at radius 3 is 2.52 bits per heavy atom. The molecule has 1 aromatic carbocycles. The monoisotopic (exact) mass is 381 g/mol. The van der Waals surface area contributed by atoms with Crippen molar-refractivity contribution in [2.24, 2.45) is 0 Å². The van der Waals surface area contributed by atoms with Gasteiger partial charge >= 0.3 is 5.97 Å². The Morgan fingerprint density at radius 2 is 1.84 bits per heavy atom. The summed E-state index contributed by atoms with van der Waals surface area (Å²) in [4.78, 5) is 25.1. The second-order valence-electron chi connectivity index (χ2n) is 6.22. The third-order valence-corrected chi connectivity index (χ3v) is 7.46. The van der Waals surface area contributed by atoms with Gasteiger partial charge in [0.1, 0.15) is 11.8 Å². The molecule has 0 radical (unpaired) electrons. The number of nitrogens with zero attached hydrogens (tertiary/aromatic N) is 1. The molecule has 136 valence electrons. The van der Waals surface area contributed by atoms with Crippen LogP contribution in [0.4, 0.5) is 0 Å². The molecule has 2 saturated heterocycles. The molecular weight excluding hydrogens is 358 g/mol. The summed E-state index contributed by atoms with van der Waals surface area (Å²) in [5.74, 6) is 1.86. The lowest BCUT2D eigenvalue weighted by molar-refractivity contribution is -0.152. The maximum atomic E-state index is 12.3. The van der Waals surface area contributed by atoms with Crippen molar-refractivity contribution < 1.29 is 19.4 Å². The Morgan fingerprint density at radius 1 is 1.12 bits per heavy atom. The lowest BCUT2D eigenvalue weighted by atomic mass is 10.0. The van der Waals surface area contributed by atoms with Gasteiger partial charge in [0.05, 0.1) is 4.58 Å². The van der Waals surface area contributed by atoms with Gasteiger partial charge in [0, 0.05) is 6.54 Å². The molecule has 2 fully saturated rings. The lowest BCUT2D eigenvalue weighted by Crippen LogP contribution is -2.49. The summed E-state index contributed by atoms with van der Waals surface area (Å²) >= 11 is 3.94. The first-order valence-corrected chi connectivity index (χ1v) is 10.7. The Balaban J connectivity index is 1.53. The minimum absolute atomic E-state index is 0.115. The average Bonchev–Trinajstić information content (AvgIpc) is 2.67. The number of benzene rings is 1. The largest absolute Gasteiger partial charge is 0.484 e. The molecule has 2 aliphatic heterocycles. The number of carbonyl (C=O) groups is 2. The fraction of sp³-hybridized carbons (Fsp3) is 0.556. The predicted octanol–water partition coefficient (Wildman–Crippen LogP) is 3.40. The average molecular weight is 382 g/mol. The van der Waals surface area contributed by atoms with Crippen molar-refractivity contribution in [3.8, 4) is 5.75 Å². The van der Waals surface area contributed by atoms with E-state index in [1.807, 2.05) is 35.7 Å². The Kier molecular flexibility index (Phi) is 6.53. The highest BCUT2D eigenvalue weighted by Crippen LogP contribution is 2.43. The summed E-state index contributed by atoms with van der Waals surface area (Å²) < 4.78 is 6.07. The van der Waals surface area contributed by atoms with E-state index in [2.05, 4.69) is 12.1 Å². The molecule has 7 heteroatoms. The Labute approximate surface area is 156 Å². The molecular formula is C18H23NO4S2. The molecule has 1 amide bonds. The number of amides is 1. The highest BCUT2D eigenvalue weighted by molar-refractivity contribution is 8.16. The maximum Gasteiger partial charge on any atom is 0.326 e.